The monoisotopic (exact) mass is 427 g/mol. The zero-order chi connectivity index (χ0) is 20.7. The average molecular weight is 428 g/mol. The van der Waals surface area contributed by atoms with E-state index >= 15 is 0 Å². The zero-order valence-corrected chi connectivity index (χ0v) is 17.6. The maximum Gasteiger partial charge on any atom is 0.283 e. The molecular formula is C20H18ClN5O2S. The molecule has 0 saturated heterocycles. The Morgan fingerprint density at radius 3 is 2.79 bits per heavy atom. The first kappa shape index (κ1) is 19.5. The fourth-order valence-electron chi connectivity index (χ4n) is 2.94. The van der Waals surface area contributed by atoms with E-state index in [2.05, 4.69) is 10.1 Å². The van der Waals surface area contributed by atoms with Gasteiger partial charge in [-0.1, -0.05) is 25.4 Å². The summed E-state index contributed by atoms with van der Waals surface area (Å²) in [6.07, 6.45) is 3.51. The molecule has 0 radical (unpaired) electrons. The molecule has 9 heteroatoms. The molecule has 7 nitrogen and oxygen atoms in total. The Balaban J connectivity index is 1.71. The number of nitrogens with zero attached hydrogens (tertiary/aromatic N) is 4. The molecule has 0 fully saturated rings. The van der Waals surface area contributed by atoms with Crippen LogP contribution in [0.2, 0.25) is 5.02 Å². The lowest BCUT2D eigenvalue weighted by atomic mass is 10.1. The third-order valence-electron chi connectivity index (χ3n) is 4.45. The van der Waals surface area contributed by atoms with E-state index in [9.17, 15) is 4.79 Å². The maximum absolute atomic E-state index is 12.6. The molecule has 1 N–H and O–H groups in total. The van der Waals surface area contributed by atoms with Gasteiger partial charge in [0.05, 0.1) is 17.7 Å². The van der Waals surface area contributed by atoms with Crippen LogP contribution in [0.25, 0.3) is 11.8 Å². The fourth-order valence-corrected chi connectivity index (χ4v) is 4.08. The van der Waals surface area contributed by atoms with E-state index in [0.717, 1.165) is 16.4 Å². The van der Waals surface area contributed by atoms with E-state index in [4.69, 9.17) is 21.7 Å². The van der Waals surface area contributed by atoms with Crippen LogP contribution in [-0.2, 0) is 4.79 Å². The largest absolute Gasteiger partial charge is 0.495 e. The molecule has 2 aliphatic heterocycles. The second-order valence-electron chi connectivity index (χ2n) is 6.73. The number of carbonyl (C=O) groups is 1. The predicted molar refractivity (Wildman–Crippen MR) is 117 cm³/mol. The van der Waals surface area contributed by atoms with Gasteiger partial charge in [-0.2, -0.15) is 15.1 Å². The molecule has 0 unspecified atom stereocenters. The Labute approximate surface area is 177 Å². The molecule has 148 valence electrons. The van der Waals surface area contributed by atoms with Gasteiger partial charge in [-0.3, -0.25) is 10.2 Å². The molecule has 1 amide bonds. The average Bonchev–Trinajstić information content (AvgIpc) is 3.32. The fraction of sp³-hybridized carbons (Fsp3) is 0.200. The first-order chi connectivity index (χ1) is 13.9. The third-order valence-corrected chi connectivity index (χ3v) is 5.95. The van der Waals surface area contributed by atoms with Crippen LogP contribution in [-0.4, -0.2) is 38.6 Å². The molecule has 1 aromatic heterocycles. The zero-order valence-electron chi connectivity index (χ0n) is 16.0. The summed E-state index contributed by atoms with van der Waals surface area (Å²) >= 11 is 7.58. The third kappa shape index (κ3) is 3.49. The summed E-state index contributed by atoms with van der Waals surface area (Å²) in [4.78, 5) is 16.7. The van der Waals surface area contributed by atoms with Crippen LogP contribution in [0.3, 0.4) is 0 Å². The molecule has 1 aromatic carbocycles. The Morgan fingerprint density at radius 2 is 2.10 bits per heavy atom. The summed E-state index contributed by atoms with van der Waals surface area (Å²) in [6, 6.07) is 9.14. The number of aromatic nitrogens is 1. The minimum atomic E-state index is -0.450. The smallest absolute Gasteiger partial charge is 0.283 e. The quantitative estimate of drug-likeness (QED) is 0.732. The summed E-state index contributed by atoms with van der Waals surface area (Å²) in [7, 11) is 1.56. The molecule has 29 heavy (non-hydrogen) atoms. The Morgan fingerprint density at radius 1 is 1.31 bits per heavy atom. The van der Waals surface area contributed by atoms with Gasteiger partial charge in [0.25, 0.3) is 5.91 Å². The highest BCUT2D eigenvalue weighted by Crippen LogP contribution is 2.31. The SMILES string of the molecule is COc1ccc(-n2cccc2/C=C2/C(=N)N3N=C(C(C)C)SC3=NC2=O)cc1Cl. The number of amides is 1. The minimum Gasteiger partial charge on any atom is -0.495 e. The lowest BCUT2D eigenvalue weighted by molar-refractivity contribution is -0.114. The number of fused-ring (bicyclic) bond motifs is 1. The number of aliphatic imine (C=N–C) groups is 1. The van der Waals surface area contributed by atoms with Gasteiger partial charge in [-0.05, 0) is 48.2 Å². The van der Waals surface area contributed by atoms with Gasteiger partial charge in [-0.25, -0.2) is 0 Å². The second kappa shape index (κ2) is 7.53. The number of hydrazone groups is 1. The van der Waals surface area contributed by atoms with E-state index in [0.29, 0.717) is 15.9 Å². The van der Waals surface area contributed by atoms with Gasteiger partial charge in [0.1, 0.15) is 10.8 Å². The number of halogens is 1. The number of thioether (sulfide) groups is 1. The molecule has 2 aromatic rings. The van der Waals surface area contributed by atoms with Crippen molar-refractivity contribution in [2.24, 2.45) is 16.0 Å². The lowest BCUT2D eigenvalue weighted by Crippen LogP contribution is -2.35. The van der Waals surface area contributed by atoms with Gasteiger partial charge in [-0.15, -0.1) is 0 Å². The number of rotatable bonds is 4. The minimum absolute atomic E-state index is 0.0173. The number of benzene rings is 1. The number of hydrogen-bond acceptors (Lipinski definition) is 5. The standard InChI is InChI=1S/C20H18ClN5O2S/c1-11(2)19-24-26-17(22)14(18(27)23-20(26)29-19)9-12-5-4-8-25(12)13-6-7-16(28-3)15(21)10-13/h4-11,22H,1-3H3/b14-9-,22-17?. The van der Waals surface area contributed by atoms with Crippen molar-refractivity contribution < 1.29 is 9.53 Å². The Kier molecular flexibility index (Phi) is 5.06. The Hall–Kier alpha value is -2.84. The molecule has 0 spiro atoms. The van der Waals surface area contributed by atoms with E-state index in [-0.39, 0.29) is 17.3 Å². The number of methoxy groups -OCH3 is 1. The number of hydrogen-bond donors (Lipinski definition) is 1. The summed E-state index contributed by atoms with van der Waals surface area (Å²) in [6.45, 7) is 4.03. The van der Waals surface area contributed by atoms with E-state index in [1.54, 1.807) is 25.3 Å². The highest BCUT2D eigenvalue weighted by Gasteiger charge is 2.36. The van der Waals surface area contributed by atoms with E-state index in [1.165, 1.54) is 16.8 Å². The highest BCUT2D eigenvalue weighted by molar-refractivity contribution is 8.27. The molecule has 0 atom stereocenters. The lowest BCUT2D eigenvalue weighted by Gasteiger charge is -2.20. The van der Waals surface area contributed by atoms with Crippen LogP contribution >= 0.6 is 23.4 Å². The molecule has 0 aliphatic carbocycles. The molecule has 2 aliphatic rings. The van der Waals surface area contributed by atoms with E-state index in [1.807, 2.05) is 42.8 Å². The molecule has 3 heterocycles. The van der Waals surface area contributed by atoms with Gasteiger partial charge in [0, 0.05) is 23.5 Å². The number of amidine groups is 2. The van der Waals surface area contributed by atoms with Crippen molar-refractivity contribution in [3.63, 3.8) is 0 Å². The molecule has 4 rings (SSSR count). The van der Waals surface area contributed by atoms with Crippen LogP contribution in [0.15, 0.2) is 52.2 Å². The first-order valence-electron chi connectivity index (χ1n) is 8.90. The number of nitrogens with one attached hydrogen (secondary N) is 1. The van der Waals surface area contributed by atoms with Crippen LogP contribution in [0, 0.1) is 11.3 Å². The van der Waals surface area contributed by atoms with Crippen molar-refractivity contribution in [2.75, 3.05) is 7.11 Å². The van der Waals surface area contributed by atoms with Gasteiger partial charge in [0.2, 0.25) is 5.17 Å². The molecule has 0 saturated carbocycles. The number of ether oxygens (including phenoxy) is 1. The van der Waals surface area contributed by atoms with Crippen molar-refractivity contribution in [1.82, 2.24) is 9.58 Å². The topological polar surface area (TPSA) is 83.0 Å². The normalized spacial score (nSPS) is 17.7. The van der Waals surface area contributed by atoms with Crippen molar-refractivity contribution >= 4 is 51.4 Å². The maximum atomic E-state index is 12.6. The summed E-state index contributed by atoms with van der Waals surface area (Å²) < 4.78 is 7.08. The van der Waals surface area contributed by atoms with Crippen LogP contribution in [0.5, 0.6) is 5.75 Å². The van der Waals surface area contributed by atoms with Gasteiger partial charge >= 0.3 is 0 Å². The summed E-state index contributed by atoms with van der Waals surface area (Å²) in [5.74, 6) is 0.345. The Bertz CT molecular complexity index is 1120. The highest BCUT2D eigenvalue weighted by atomic mass is 35.5. The summed E-state index contributed by atoms with van der Waals surface area (Å²) in [5.41, 5.74) is 1.71. The molecular weight excluding hydrogens is 410 g/mol. The molecule has 0 bridgehead atoms. The first-order valence-corrected chi connectivity index (χ1v) is 10.1. The van der Waals surface area contributed by atoms with E-state index < -0.39 is 5.91 Å². The number of carbonyl (C=O) groups excluding carboxylic acids is 1. The van der Waals surface area contributed by atoms with Crippen LogP contribution in [0.4, 0.5) is 0 Å². The van der Waals surface area contributed by atoms with Gasteiger partial charge in [0.15, 0.2) is 5.84 Å². The van der Waals surface area contributed by atoms with Crippen LogP contribution < -0.4 is 4.74 Å². The van der Waals surface area contributed by atoms with Crippen molar-refractivity contribution in [2.45, 2.75) is 13.8 Å². The van der Waals surface area contributed by atoms with Crippen molar-refractivity contribution in [1.29, 1.82) is 5.41 Å². The summed E-state index contributed by atoms with van der Waals surface area (Å²) in [5, 5.41) is 16.1. The van der Waals surface area contributed by atoms with Gasteiger partial charge < -0.3 is 9.30 Å². The predicted octanol–water partition coefficient (Wildman–Crippen LogP) is 4.41. The van der Waals surface area contributed by atoms with Crippen LogP contribution in [0.1, 0.15) is 19.5 Å². The van der Waals surface area contributed by atoms with Crippen molar-refractivity contribution in [3.8, 4) is 11.4 Å². The second-order valence-corrected chi connectivity index (χ2v) is 8.13. The van der Waals surface area contributed by atoms with Crippen molar-refractivity contribution in [3.05, 3.63) is 52.8 Å².